The van der Waals surface area contributed by atoms with Crippen LogP contribution in [0.2, 0.25) is 0 Å². The monoisotopic (exact) mass is 130 g/mol. The van der Waals surface area contributed by atoms with Crippen molar-refractivity contribution in [2.75, 3.05) is 11.5 Å². The molecule has 8 heavy (non-hydrogen) atoms. The Morgan fingerprint density at radius 2 is 1.75 bits per heavy atom. The minimum atomic E-state index is 0.601. The van der Waals surface area contributed by atoms with Crippen molar-refractivity contribution in [3.05, 3.63) is 0 Å². The summed E-state index contributed by atoms with van der Waals surface area (Å²) in [5.74, 6) is 2.45. The van der Waals surface area contributed by atoms with Gasteiger partial charge in [-0.2, -0.15) is 11.8 Å². The first-order valence-corrected chi connectivity index (χ1v) is 4.22. The Bertz CT molecular complexity index is 66.9. The van der Waals surface area contributed by atoms with Gasteiger partial charge in [0.15, 0.2) is 0 Å². The topological polar surface area (TPSA) is 14.1 Å². The second-order valence-electron chi connectivity index (χ2n) is 2.38. The van der Waals surface area contributed by atoms with Crippen molar-refractivity contribution in [2.24, 2.45) is 0 Å². The molecule has 47 valence electrons. The number of thioether (sulfide) groups is 1. The van der Waals surface area contributed by atoms with Crippen LogP contribution >= 0.6 is 11.8 Å². The Kier molecular flexibility index (Phi) is 2.20. The van der Waals surface area contributed by atoms with E-state index in [1.807, 2.05) is 11.8 Å². The third-order valence-electron chi connectivity index (χ3n) is 1.23. The molecule has 0 saturated carbocycles. The van der Waals surface area contributed by atoms with Gasteiger partial charge in [-0.05, 0) is 13.8 Å². The van der Waals surface area contributed by atoms with E-state index in [-0.39, 0.29) is 0 Å². The fourth-order valence-electron chi connectivity index (χ4n) is 0.930. The molecular formula is C6H12NS. The van der Waals surface area contributed by atoms with E-state index in [1.165, 1.54) is 11.5 Å². The largest absolute Gasteiger partial charge is 0.234 e. The molecule has 0 aliphatic carbocycles. The fraction of sp³-hybridized carbons (Fsp3) is 1.00. The first-order chi connectivity index (χ1) is 3.79. The normalized spacial score (nSPS) is 39.8. The highest BCUT2D eigenvalue weighted by atomic mass is 32.2. The Labute approximate surface area is 55.2 Å². The molecule has 1 saturated heterocycles. The molecule has 1 aliphatic rings. The lowest BCUT2D eigenvalue weighted by molar-refractivity contribution is 0.501. The van der Waals surface area contributed by atoms with E-state index in [4.69, 9.17) is 0 Å². The standard InChI is InChI=1S/C6H12NS/c1-5-3-8-4-6(2)7-5/h5-6H,3-4H2,1-2H3. The van der Waals surface area contributed by atoms with Crippen LogP contribution in [0.25, 0.3) is 0 Å². The SMILES string of the molecule is CC1CSCC(C)[N]1. The first kappa shape index (κ1) is 6.43. The van der Waals surface area contributed by atoms with Gasteiger partial charge in [-0.25, -0.2) is 5.32 Å². The van der Waals surface area contributed by atoms with Crippen LogP contribution in [0.3, 0.4) is 0 Å². The molecular weight excluding hydrogens is 118 g/mol. The van der Waals surface area contributed by atoms with Gasteiger partial charge in [-0.15, -0.1) is 0 Å². The lowest BCUT2D eigenvalue weighted by Gasteiger charge is -2.22. The van der Waals surface area contributed by atoms with Crippen molar-refractivity contribution in [3.63, 3.8) is 0 Å². The molecule has 1 fully saturated rings. The highest BCUT2D eigenvalue weighted by Crippen LogP contribution is 2.12. The third-order valence-corrected chi connectivity index (χ3v) is 2.66. The third kappa shape index (κ3) is 1.67. The van der Waals surface area contributed by atoms with Crippen LogP contribution in [0.15, 0.2) is 0 Å². The van der Waals surface area contributed by atoms with Crippen LogP contribution in [-0.4, -0.2) is 23.6 Å². The minimum Gasteiger partial charge on any atom is -0.234 e. The number of rotatable bonds is 0. The molecule has 0 amide bonds. The number of nitrogens with zero attached hydrogens (tertiary/aromatic N) is 1. The number of hydrogen-bond acceptors (Lipinski definition) is 1. The van der Waals surface area contributed by atoms with Gasteiger partial charge in [0.25, 0.3) is 0 Å². The van der Waals surface area contributed by atoms with Gasteiger partial charge in [0.1, 0.15) is 0 Å². The van der Waals surface area contributed by atoms with Crippen LogP contribution in [0, 0.1) is 0 Å². The van der Waals surface area contributed by atoms with Gasteiger partial charge >= 0.3 is 0 Å². The van der Waals surface area contributed by atoms with E-state index >= 15 is 0 Å². The molecule has 0 aromatic heterocycles. The van der Waals surface area contributed by atoms with Crippen molar-refractivity contribution >= 4 is 11.8 Å². The molecule has 0 aromatic rings. The summed E-state index contributed by atoms with van der Waals surface area (Å²) in [7, 11) is 0. The Hall–Kier alpha value is 0.310. The first-order valence-electron chi connectivity index (χ1n) is 3.06. The molecule has 1 aliphatic heterocycles. The smallest absolute Gasteiger partial charge is 0.0311 e. The zero-order valence-corrected chi connectivity index (χ0v) is 6.24. The zero-order valence-electron chi connectivity index (χ0n) is 5.42. The molecule has 0 N–H and O–H groups in total. The molecule has 2 unspecified atom stereocenters. The molecule has 2 atom stereocenters. The predicted octanol–water partition coefficient (Wildman–Crippen LogP) is 1.11. The molecule has 1 radical (unpaired) electrons. The predicted molar refractivity (Wildman–Crippen MR) is 38.4 cm³/mol. The summed E-state index contributed by atoms with van der Waals surface area (Å²) >= 11 is 2.02. The van der Waals surface area contributed by atoms with Crippen LogP contribution in [-0.2, 0) is 0 Å². The highest BCUT2D eigenvalue weighted by Gasteiger charge is 2.14. The van der Waals surface area contributed by atoms with E-state index in [1.54, 1.807) is 0 Å². The Morgan fingerprint density at radius 3 is 2.00 bits per heavy atom. The van der Waals surface area contributed by atoms with Gasteiger partial charge in [0, 0.05) is 23.6 Å². The molecule has 1 nitrogen and oxygen atoms in total. The number of hydrogen-bond donors (Lipinski definition) is 0. The maximum Gasteiger partial charge on any atom is 0.0311 e. The lowest BCUT2D eigenvalue weighted by Crippen LogP contribution is -2.35. The van der Waals surface area contributed by atoms with E-state index in [0.717, 1.165) is 0 Å². The summed E-state index contributed by atoms with van der Waals surface area (Å²) in [5, 5.41) is 4.46. The van der Waals surface area contributed by atoms with E-state index in [2.05, 4.69) is 19.2 Å². The van der Waals surface area contributed by atoms with Gasteiger partial charge in [0.05, 0.1) is 0 Å². The van der Waals surface area contributed by atoms with Gasteiger partial charge < -0.3 is 0 Å². The summed E-state index contributed by atoms with van der Waals surface area (Å²) in [5.41, 5.74) is 0. The summed E-state index contributed by atoms with van der Waals surface area (Å²) in [6.07, 6.45) is 0. The quantitative estimate of drug-likeness (QED) is 0.479. The van der Waals surface area contributed by atoms with Crippen molar-refractivity contribution in [3.8, 4) is 0 Å². The van der Waals surface area contributed by atoms with Crippen LogP contribution < -0.4 is 5.32 Å². The summed E-state index contributed by atoms with van der Waals surface area (Å²) in [6.45, 7) is 4.37. The highest BCUT2D eigenvalue weighted by molar-refractivity contribution is 7.99. The van der Waals surface area contributed by atoms with Crippen LogP contribution in [0.5, 0.6) is 0 Å². The second kappa shape index (κ2) is 2.74. The maximum absolute atomic E-state index is 4.46. The molecule has 1 heterocycles. The zero-order chi connectivity index (χ0) is 5.98. The fourth-order valence-corrected chi connectivity index (χ4v) is 1.92. The van der Waals surface area contributed by atoms with Gasteiger partial charge in [0.2, 0.25) is 0 Å². The summed E-state index contributed by atoms with van der Waals surface area (Å²) in [4.78, 5) is 0. The van der Waals surface area contributed by atoms with Gasteiger partial charge in [-0.3, -0.25) is 0 Å². The van der Waals surface area contributed by atoms with Crippen molar-refractivity contribution in [2.45, 2.75) is 25.9 Å². The van der Waals surface area contributed by atoms with E-state index in [0.29, 0.717) is 12.1 Å². The second-order valence-corrected chi connectivity index (χ2v) is 3.46. The Morgan fingerprint density at radius 1 is 1.25 bits per heavy atom. The Balaban J connectivity index is 2.23. The average Bonchev–Trinajstić information content (AvgIpc) is 1.64. The van der Waals surface area contributed by atoms with Crippen LogP contribution in [0.4, 0.5) is 0 Å². The lowest BCUT2D eigenvalue weighted by atomic mass is 10.3. The summed E-state index contributed by atoms with van der Waals surface area (Å²) < 4.78 is 0. The van der Waals surface area contributed by atoms with Crippen molar-refractivity contribution in [1.82, 2.24) is 5.32 Å². The van der Waals surface area contributed by atoms with Crippen molar-refractivity contribution in [1.29, 1.82) is 0 Å². The summed E-state index contributed by atoms with van der Waals surface area (Å²) in [6, 6.07) is 1.20. The van der Waals surface area contributed by atoms with Crippen molar-refractivity contribution < 1.29 is 0 Å². The van der Waals surface area contributed by atoms with Gasteiger partial charge in [-0.1, -0.05) is 0 Å². The molecule has 2 heteroatoms. The minimum absolute atomic E-state index is 0.601. The average molecular weight is 130 g/mol. The van der Waals surface area contributed by atoms with Crippen LogP contribution in [0.1, 0.15) is 13.8 Å². The van der Waals surface area contributed by atoms with E-state index in [9.17, 15) is 0 Å². The molecule has 1 rings (SSSR count). The van der Waals surface area contributed by atoms with E-state index < -0.39 is 0 Å². The molecule has 0 aromatic carbocycles. The molecule has 0 spiro atoms. The maximum atomic E-state index is 4.46. The molecule has 0 bridgehead atoms.